The number of anilines is 1. The van der Waals surface area contributed by atoms with Crippen molar-refractivity contribution in [2.75, 3.05) is 5.32 Å². The van der Waals surface area contributed by atoms with E-state index in [1.165, 1.54) is 20.9 Å². The van der Waals surface area contributed by atoms with E-state index in [0.29, 0.717) is 0 Å². The predicted molar refractivity (Wildman–Crippen MR) is 96.0 cm³/mol. The molecule has 0 spiro atoms. The molecule has 1 nitrogen and oxygen atoms in total. The zero-order valence-electron chi connectivity index (χ0n) is 11.8. The standard InChI is InChI=1S/C18H16BrNS/c1-13-7-8-15(11-17(13)19)20-12-16-9-10-18(21-16)14-5-3-2-4-6-14/h2-11,20H,12H2,1H3. The maximum absolute atomic E-state index is 3.57. The minimum Gasteiger partial charge on any atom is -0.380 e. The molecule has 3 heteroatoms. The molecule has 0 aliphatic heterocycles. The smallest absolute Gasteiger partial charge is 0.0494 e. The highest BCUT2D eigenvalue weighted by atomic mass is 79.9. The highest BCUT2D eigenvalue weighted by molar-refractivity contribution is 9.10. The molecule has 21 heavy (non-hydrogen) atoms. The van der Waals surface area contributed by atoms with Gasteiger partial charge >= 0.3 is 0 Å². The Labute approximate surface area is 137 Å². The fourth-order valence-corrected chi connectivity index (χ4v) is 3.45. The van der Waals surface area contributed by atoms with Crippen LogP contribution >= 0.6 is 27.3 Å². The molecular formula is C18H16BrNS. The summed E-state index contributed by atoms with van der Waals surface area (Å²) in [7, 11) is 0. The summed E-state index contributed by atoms with van der Waals surface area (Å²) < 4.78 is 1.14. The minimum atomic E-state index is 0.854. The Kier molecular flexibility index (Phi) is 4.42. The molecule has 0 aliphatic carbocycles. The van der Waals surface area contributed by atoms with Crippen LogP contribution in [-0.4, -0.2) is 0 Å². The van der Waals surface area contributed by atoms with Gasteiger partial charge in [0.25, 0.3) is 0 Å². The van der Waals surface area contributed by atoms with E-state index < -0.39 is 0 Å². The number of hydrogen-bond donors (Lipinski definition) is 1. The highest BCUT2D eigenvalue weighted by Gasteiger charge is 2.03. The number of halogens is 1. The van der Waals surface area contributed by atoms with Gasteiger partial charge in [0.05, 0.1) is 0 Å². The van der Waals surface area contributed by atoms with Gasteiger partial charge in [-0.2, -0.15) is 0 Å². The first-order valence-corrected chi connectivity index (χ1v) is 8.47. The Hall–Kier alpha value is -1.58. The number of rotatable bonds is 4. The molecule has 0 fully saturated rings. The van der Waals surface area contributed by atoms with Crippen LogP contribution in [0.4, 0.5) is 5.69 Å². The largest absolute Gasteiger partial charge is 0.380 e. The summed E-state index contributed by atoms with van der Waals surface area (Å²) in [6.45, 7) is 2.95. The Balaban J connectivity index is 1.69. The van der Waals surface area contributed by atoms with Crippen LogP contribution < -0.4 is 5.32 Å². The summed E-state index contributed by atoms with van der Waals surface area (Å²) in [5.74, 6) is 0. The minimum absolute atomic E-state index is 0.854. The lowest BCUT2D eigenvalue weighted by Crippen LogP contribution is -1.97. The molecule has 0 unspecified atom stereocenters. The lowest BCUT2D eigenvalue weighted by atomic mass is 10.2. The van der Waals surface area contributed by atoms with E-state index in [2.05, 4.69) is 88.8 Å². The molecule has 0 saturated carbocycles. The lowest BCUT2D eigenvalue weighted by Gasteiger charge is -2.06. The number of benzene rings is 2. The van der Waals surface area contributed by atoms with Gasteiger partial charge in [0.15, 0.2) is 0 Å². The molecule has 0 aliphatic rings. The molecule has 3 rings (SSSR count). The van der Waals surface area contributed by atoms with E-state index in [1.807, 2.05) is 11.3 Å². The molecule has 0 bridgehead atoms. The second kappa shape index (κ2) is 6.46. The monoisotopic (exact) mass is 357 g/mol. The van der Waals surface area contributed by atoms with Crippen LogP contribution in [0.25, 0.3) is 10.4 Å². The van der Waals surface area contributed by atoms with Crippen molar-refractivity contribution in [2.24, 2.45) is 0 Å². The molecule has 0 saturated heterocycles. The van der Waals surface area contributed by atoms with E-state index in [4.69, 9.17) is 0 Å². The van der Waals surface area contributed by atoms with Crippen molar-refractivity contribution in [3.63, 3.8) is 0 Å². The van der Waals surface area contributed by atoms with Crippen molar-refractivity contribution in [1.82, 2.24) is 0 Å². The van der Waals surface area contributed by atoms with Crippen LogP contribution in [0.3, 0.4) is 0 Å². The maximum Gasteiger partial charge on any atom is 0.0494 e. The van der Waals surface area contributed by atoms with Crippen LogP contribution in [0.1, 0.15) is 10.4 Å². The molecule has 1 N–H and O–H groups in total. The second-order valence-corrected chi connectivity index (χ2v) is 6.97. The summed E-state index contributed by atoms with van der Waals surface area (Å²) in [5.41, 5.74) is 3.68. The summed E-state index contributed by atoms with van der Waals surface area (Å²) >= 11 is 5.41. The van der Waals surface area contributed by atoms with Gasteiger partial charge in [0.1, 0.15) is 0 Å². The van der Waals surface area contributed by atoms with Crippen LogP contribution in [0.5, 0.6) is 0 Å². The first-order valence-electron chi connectivity index (χ1n) is 6.86. The van der Waals surface area contributed by atoms with E-state index in [-0.39, 0.29) is 0 Å². The van der Waals surface area contributed by atoms with Gasteiger partial charge < -0.3 is 5.32 Å². The van der Waals surface area contributed by atoms with Gasteiger partial charge in [-0.15, -0.1) is 11.3 Å². The van der Waals surface area contributed by atoms with Crippen LogP contribution in [0.2, 0.25) is 0 Å². The average molecular weight is 358 g/mol. The summed E-state index contributed by atoms with van der Waals surface area (Å²) in [4.78, 5) is 2.66. The molecule has 0 radical (unpaired) electrons. The molecule has 1 heterocycles. The SMILES string of the molecule is Cc1ccc(NCc2ccc(-c3ccccc3)s2)cc1Br. The predicted octanol–water partition coefficient (Wildman–Crippen LogP) is 6.10. The van der Waals surface area contributed by atoms with E-state index >= 15 is 0 Å². The lowest BCUT2D eigenvalue weighted by molar-refractivity contribution is 1.19. The molecule has 1 aromatic heterocycles. The van der Waals surface area contributed by atoms with Gasteiger partial charge in [-0.05, 0) is 42.3 Å². The van der Waals surface area contributed by atoms with Gasteiger partial charge in [-0.1, -0.05) is 52.3 Å². The third-order valence-electron chi connectivity index (χ3n) is 3.36. The van der Waals surface area contributed by atoms with Gasteiger partial charge in [0.2, 0.25) is 0 Å². The Bertz CT molecular complexity index is 734. The second-order valence-electron chi connectivity index (χ2n) is 4.95. The van der Waals surface area contributed by atoms with Crippen molar-refractivity contribution in [3.05, 3.63) is 75.6 Å². The zero-order valence-corrected chi connectivity index (χ0v) is 14.2. The number of thiophene rings is 1. The summed E-state index contributed by atoms with van der Waals surface area (Å²) in [5, 5.41) is 3.47. The van der Waals surface area contributed by atoms with Crippen molar-refractivity contribution in [1.29, 1.82) is 0 Å². The van der Waals surface area contributed by atoms with Gasteiger partial charge in [0, 0.05) is 26.5 Å². The van der Waals surface area contributed by atoms with Crippen molar-refractivity contribution >= 4 is 33.0 Å². The van der Waals surface area contributed by atoms with E-state index in [0.717, 1.165) is 16.7 Å². The highest BCUT2D eigenvalue weighted by Crippen LogP contribution is 2.28. The van der Waals surface area contributed by atoms with Gasteiger partial charge in [-0.3, -0.25) is 0 Å². The fraction of sp³-hybridized carbons (Fsp3) is 0.111. The summed E-state index contributed by atoms with van der Waals surface area (Å²) in [6.07, 6.45) is 0. The maximum atomic E-state index is 3.57. The number of aryl methyl sites for hydroxylation is 1. The van der Waals surface area contributed by atoms with E-state index in [1.54, 1.807) is 0 Å². The van der Waals surface area contributed by atoms with E-state index in [9.17, 15) is 0 Å². The first-order chi connectivity index (χ1) is 10.2. The molecule has 2 aromatic carbocycles. The number of hydrogen-bond acceptors (Lipinski definition) is 2. The molecule has 3 aromatic rings. The Morgan fingerprint density at radius 1 is 1.00 bits per heavy atom. The molecule has 0 amide bonds. The molecule has 106 valence electrons. The molecular weight excluding hydrogens is 342 g/mol. The normalized spacial score (nSPS) is 10.6. The fourth-order valence-electron chi connectivity index (χ4n) is 2.12. The summed E-state index contributed by atoms with van der Waals surface area (Å²) in [6, 6.07) is 21.3. The van der Waals surface area contributed by atoms with Crippen LogP contribution in [-0.2, 0) is 6.54 Å². The van der Waals surface area contributed by atoms with Crippen molar-refractivity contribution in [2.45, 2.75) is 13.5 Å². The van der Waals surface area contributed by atoms with Crippen molar-refractivity contribution in [3.8, 4) is 10.4 Å². The molecule has 0 atom stereocenters. The quantitative estimate of drug-likeness (QED) is 0.594. The zero-order chi connectivity index (χ0) is 14.7. The third kappa shape index (κ3) is 3.55. The Morgan fingerprint density at radius 3 is 2.57 bits per heavy atom. The first kappa shape index (κ1) is 14.4. The Morgan fingerprint density at radius 2 is 1.81 bits per heavy atom. The number of nitrogens with one attached hydrogen (secondary N) is 1. The van der Waals surface area contributed by atoms with Gasteiger partial charge in [-0.25, -0.2) is 0 Å². The third-order valence-corrected chi connectivity index (χ3v) is 5.35. The van der Waals surface area contributed by atoms with Crippen LogP contribution in [0.15, 0.2) is 65.1 Å². The van der Waals surface area contributed by atoms with Crippen molar-refractivity contribution < 1.29 is 0 Å². The van der Waals surface area contributed by atoms with Crippen LogP contribution in [0, 0.1) is 6.92 Å². The average Bonchev–Trinajstić information content (AvgIpc) is 2.98. The topological polar surface area (TPSA) is 12.0 Å².